The fourth-order valence-corrected chi connectivity index (χ4v) is 2.70. The standard InChI is InChI=1S/C19H17F2NO5/c20-14-3-1-12(9-15(14)21)11-22(6-5-18(23)24)19(25)13-2-4-16-17(10-13)27-8-7-26-16/h1-4,9-10H,5-8,11H2,(H,23,24). The van der Waals surface area contributed by atoms with Crippen molar-refractivity contribution in [1.82, 2.24) is 4.90 Å². The molecule has 1 aliphatic heterocycles. The van der Waals surface area contributed by atoms with Crippen molar-refractivity contribution in [3.8, 4) is 11.5 Å². The van der Waals surface area contributed by atoms with Crippen LogP contribution in [0.2, 0.25) is 0 Å². The van der Waals surface area contributed by atoms with Gasteiger partial charge in [-0.25, -0.2) is 8.78 Å². The summed E-state index contributed by atoms with van der Waals surface area (Å²) >= 11 is 0. The molecule has 1 amide bonds. The van der Waals surface area contributed by atoms with E-state index in [1.807, 2.05) is 0 Å². The van der Waals surface area contributed by atoms with Crippen LogP contribution in [-0.4, -0.2) is 41.6 Å². The van der Waals surface area contributed by atoms with Crippen LogP contribution in [0, 0.1) is 11.6 Å². The van der Waals surface area contributed by atoms with Gasteiger partial charge in [0.15, 0.2) is 23.1 Å². The smallest absolute Gasteiger partial charge is 0.305 e. The van der Waals surface area contributed by atoms with Gasteiger partial charge in [0.1, 0.15) is 13.2 Å². The van der Waals surface area contributed by atoms with Crippen LogP contribution in [-0.2, 0) is 11.3 Å². The minimum Gasteiger partial charge on any atom is -0.486 e. The lowest BCUT2D eigenvalue weighted by Crippen LogP contribution is -2.32. The average Bonchev–Trinajstić information content (AvgIpc) is 2.66. The van der Waals surface area contributed by atoms with Crippen LogP contribution < -0.4 is 9.47 Å². The largest absolute Gasteiger partial charge is 0.486 e. The molecule has 0 unspecified atom stereocenters. The van der Waals surface area contributed by atoms with Crippen molar-refractivity contribution in [2.75, 3.05) is 19.8 Å². The molecule has 0 fully saturated rings. The molecule has 0 saturated heterocycles. The van der Waals surface area contributed by atoms with Crippen molar-refractivity contribution in [2.24, 2.45) is 0 Å². The monoisotopic (exact) mass is 377 g/mol. The molecule has 2 aromatic carbocycles. The molecule has 0 aliphatic carbocycles. The van der Waals surface area contributed by atoms with Crippen LogP contribution >= 0.6 is 0 Å². The van der Waals surface area contributed by atoms with E-state index in [0.717, 1.165) is 12.1 Å². The first-order valence-corrected chi connectivity index (χ1v) is 8.28. The molecule has 1 heterocycles. The average molecular weight is 377 g/mol. The molecular formula is C19H17F2NO5. The summed E-state index contributed by atoms with van der Waals surface area (Å²) in [5.41, 5.74) is 0.636. The summed E-state index contributed by atoms with van der Waals surface area (Å²) in [5.74, 6) is -2.58. The van der Waals surface area contributed by atoms with Crippen LogP contribution in [0.1, 0.15) is 22.3 Å². The highest BCUT2D eigenvalue weighted by atomic mass is 19.2. The molecule has 3 rings (SSSR count). The highest BCUT2D eigenvalue weighted by molar-refractivity contribution is 5.95. The molecule has 0 bridgehead atoms. The molecule has 6 nitrogen and oxygen atoms in total. The van der Waals surface area contributed by atoms with Gasteiger partial charge in [0.2, 0.25) is 0 Å². The molecule has 0 radical (unpaired) electrons. The summed E-state index contributed by atoms with van der Waals surface area (Å²) in [6, 6.07) is 7.98. The Hall–Kier alpha value is -3.16. The summed E-state index contributed by atoms with van der Waals surface area (Å²) in [6.07, 6.45) is -0.278. The zero-order valence-electron chi connectivity index (χ0n) is 14.3. The van der Waals surface area contributed by atoms with Crippen molar-refractivity contribution < 1.29 is 33.0 Å². The molecule has 8 heteroatoms. The van der Waals surface area contributed by atoms with Crippen LogP contribution in [0.15, 0.2) is 36.4 Å². The molecule has 27 heavy (non-hydrogen) atoms. The zero-order chi connectivity index (χ0) is 19.4. The van der Waals surface area contributed by atoms with Crippen molar-refractivity contribution >= 4 is 11.9 Å². The third-order valence-corrected chi connectivity index (χ3v) is 4.03. The topological polar surface area (TPSA) is 76.1 Å². The molecule has 0 aromatic heterocycles. The van der Waals surface area contributed by atoms with Gasteiger partial charge >= 0.3 is 5.97 Å². The van der Waals surface area contributed by atoms with E-state index in [9.17, 15) is 18.4 Å². The van der Waals surface area contributed by atoms with Crippen LogP contribution in [0.5, 0.6) is 11.5 Å². The summed E-state index contributed by atoms with van der Waals surface area (Å²) in [6.45, 7) is 0.642. The SMILES string of the molecule is O=C(O)CCN(Cc1ccc(F)c(F)c1)C(=O)c1ccc2c(c1)OCCO2. The molecule has 1 aliphatic rings. The Kier molecular flexibility index (Phi) is 5.54. The molecule has 0 atom stereocenters. The number of carboxylic acid groups (broad SMARTS) is 1. The minimum absolute atomic E-state index is 0.0578. The third kappa shape index (κ3) is 4.52. The minimum atomic E-state index is -1.07. The second-order valence-electron chi connectivity index (χ2n) is 5.98. The Morgan fingerprint density at radius 2 is 1.74 bits per heavy atom. The Morgan fingerprint density at radius 3 is 2.44 bits per heavy atom. The van der Waals surface area contributed by atoms with E-state index in [-0.39, 0.29) is 25.1 Å². The van der Waals surface area contributed by atoms with Crippen LogP contribution in [0.4, 0.5) is 8.78 Å². The number of hydrogen-bond acceptors (Lipinski definition) is 4. The number of carbonyl (C=O) groups is 2. The van der Waals surface area contributed by atoms with E-state index >= 15 is 0 Å². The molecule has 1 N–H and O–H groups in total. The number of nitrogens with zero attached hydrogens (tertiary/aromatic N) is 1. The van der Waals surface area contributed by atoms with Gasteiger partial charge in [0, 0.05) is 18.7 Å². The Morgan fingerprint density at radius 1 is 1.00 bits per heavy atom. The van der Waals surface area contributed by atoms with Gasteiger partial charge in [0.25, 0.3) is 5.91 Å². The van der Waals surface area contributed by atoms with Gasteiger partial charge < -0.3 is 19.5 Å². The molecule has 0 saturated carbocycles. The number of carboxylic acids is 1. The highest BCUT2D eigenvalue weighted by Crippen LogP contribution is 2.31. The van der Waals surface area contributed by atoms with Gasteiger partial charge in [-0.15, -0.1) is 0 Å². The second kappa shape index (κ2) is 8.03. The number of fused-ring (bicyclic) bond motifs is 1. The Balaban J connectivity index is 1.83. The maximum atomic E-state index is 13.5. The fourth-order valence-electron chi connectivity index (χ4n) is 2.70. The second-order valence-corrected chi connectivity index (χ2v) is 5.98. The van der Waals surface area contributed by atoms with E-state index in [1.54, 1.807) is 12.1 Å². The lowest BCUT2D eigenvalue weighted by atomic mass is 10.1. The number of carbonyl (C=O) groups excluding carboxylic acids is 1. The number of ether oxygens (including phenoxy) is 2. The van der Waals surface area contributed by atoms with Crippen LogP contribution in [0.3, 0.4) is 0 Å². The lowest BCUT2D eigenvalue weighted by molar-refractivity contribution is -0.137. The first kappa shape index (κ1) is 18.6. The number of benzene rings is 2. The normalized spacial score (nSPS) is 12.5. The summed E-state index contributed by atoms with van der Waals surface area (Å²) in [4.78, 5) is 25.1. The first-order chi connectivity index (χ1) is 12.9. The maximum Gasteiger partial charge on any atom is 0.305 e. The summed E-state index contributed by atoms with van der Waals surface area (Å²) in [7, 11) is 0. The van der Waals surface area contributed by atoms with Gasteiger partial charge in [-0.3, -0.25) is 9.59 Å². The van der Waals surface area contributed by atoms with E-state index in [2.05, 4.69) is 0 Å². The predicted octanol–water partition coefficient (Wildman–Crippen LogP) is 2.85. The first-order valence-electron chi connectivity index (χ1n) is 8.28. The number of amides is 1. The molecule has 0 spiro atoms. The quantitative estimate of drug-likeness (QED) is 0.838. The summed E-state index contributed by atoms with van der Waals surface area (Å²) < 4.78 is 37.4. The van der Waals surface area contributed by atoms with E-state index in [4.69, 9.17) is 14.6 Å². The van der Waals surface area contributed by atoms with Crippen LogP contribution in [0.25, 0.3) is 0 Å². The number of hydrogen-bond donors (Lipinski definition) is 1. The molecule has 2 aromatic rings. The third-order valence-electron chi connectivity index (χ3n) is 4.03. The predicted molar refractivity (Wildman–Crippen MR) is 90.8 cm³/mol. The molecule has 142 valence electrons. The van der Waals surface area contributed by atoms with E-state index < -0.39 is 23.5 Å². The van der Waals surface area contributed by atoms with E-state index in [1.165, 1.54) is 17.0 Å². The maximum absolute atomic E-state index is 13.5. The highest BCUT2D eigenvalue weighted by Gasteiger charge is 2.21. The number of halogens is 2. The Labute approximate surface area is 153 Å². The number of aliphatic carboxylic acids is 1. The van der Waals surface area contributed by atoms with Gasteiger partial charge in [-0.1, -0.05) is 6.07 Å². The molecular weight excluding hydrogens is 360 g/mol. The van der Waals surface area contributed by atoms with Crippen molar-refractivity contribution in [1.29, 1.82) is 0 Å². The summed E-state index contributed by atoms with van der Waals surface area (Å²) in [5, 5.41) is 8.94. The Bertz CT molecular complexity index is 871. The van der Waals surface area contributed by atoms with Crippen molar-refractivity contribution in [2.45, 2.75) is 13.0 Å². The van der Waals surface area contributed by atoms with Gasteiger partial charge in [-0.2, -0.15) is 0 Å². The van der Waals surface area contributed by atoms with Gasteiger partial charge in [-0.05, 0) is 35.9 Å². The van der Waals surface area contributed by atoms with E-state index in [0.29, 0.717) is 30.3 Å². The lowest BCUT2D eigenvalue weighted by Gasteiger charge is -2.24. The number of rotatable bonds is 6. The van der Waals surface area contributed by atoms with Crippen molar-refractivity contribution in [3.63, 3.8) is 0 Å². The fraction of sp³-hybridized carbons (Fsp3) is 0.263. The zero-order valence-corrected chi connectivity index (χ0v) is 14.3. The van der Waals surface area contributed by atoms with Crippen molar-refractivity contribution in [3.05, 3.63) is 59.2 Å². The van der Waals surface area contributed by atoms with Gasteiger partial charge in [0.05, 0.1) is 6.42 Å².